The van der Waals surface area contributed by atoms with E-state index in [1.807, 2.05) is 0 Å². The molecule has 2 N–H and O–H groups in total. The number of aryl methyl sites for hydroxylation is 2. The van der Waals surface area contributed by atoms with E-state index in [-0.39, 0.29) is 5.92 Å². The normalized spacial score (nSPS) is 11.5. The van der Waals surface area contributed by atoms with Gasteiger partial charge < -0.3 is 9.97 Å². The van der Waals surface area contributed by atoms with E-state index < -0.39 is 0 Å². The largest absolute Gasteiger partial charge is 0.361 e. The minimum Gasteiger partial charge on any atom is -0.361 e. The van der Waals surface area contributed by atoms with Crippen LogP contribution in [0.4, 0.5) is 0 Å². The van der Waals surface area contributed by atoms with Crippen molar-refractivity contribution in [2.24, 2.45) is 0 Å². The van der Waals surface area contributed by atoms with Crippen molar-refractivity contribution in [3.05, 3.63) is 80.9 Å². The standard InChI is InChI=1S/C23H30N2/c1-7-19-14(3)22(24-16(19)5)21(18-12-10-9-11-13-18)23-15(4)20(8-2)17(6)25-23/h9-13,21,24-25H,7-8H2,1-6H3. The lowest BCUT2D eigenvalue weighted by atomic mass is 9.87. The fourth-order valence-corrected chi connectivity index (χ4v) is 4.39. The van der Waals surface area contributed by atoms with Crippen LogP contribution in [0, 0.1) is 27.7 Å². The van der Waals surface area contributed by atoms with Crippen molar-refractivity contribution in [1.82, 2.24) is 9.97 Å². The smallest absolute Gasteiger partial charge is 0.0647 e. The molecule has 0 bridgehead atoms. The van der Waals surface area contributed by atoms with Gasteiger partial charge in [0.15, 0.2) is 0 Å². The Balaban J connectivity index is 2.26. The maximum Gasteiger partial charge on any atom is 0.0647 e. The second-order valence-corrected chi connectivity index (χ2v) is 7.09. The monoisotopic (exact) mass is 334 g/mol. The quantitative estimate of drug-likeness (QED) is 0.584. The number of aromatic nitrogens is 2. The minimum absolute atomic E-state index is 0.221. The molecule has 0 amide bonds. The fraction of sp³-hybridized carbons (Fsp3) is 0.391. The Hall–Kier alpha value is -2.22. The van der Waals surface area contributed by atoms with E-state index in [9.17, 15) is 0 Å². The molecule has 2 heterocycles. The van der Waals surface area contributed by atoms with E-state index in [0.29, 0.717) is 0 Å². The molecule has 0 saturated carbocycles. The van der Waals surface area contributed by atoms with Gasteiger partial charge in [-0.1, -0.05) is 44.2 Å². The summed E-state index contributed by atoms with van der Waals surface area (Å²) in [5.74, 6) is 0.221. The maximum atomic E-state index is 3.71. The van der Waals surface area contributed by atoms with Crippen molar-refractivity contribution in [1.29, 1.82) is 0 Å². The first-order valence-corrected chi connectivity index (χ1v) is 9.40. The highest BCUT2D eigenvalue weighted by Crippen LogP contribution is 2.37. The summed E-state index contributed by atoms with van der Waals surface area (Å²) in [5, 5.41) is 0. The lowest BCUT2D eigenvalue weighted by molar-refractivity contribution is 0.869. The first kappa shape index (κ1) is 17.6. The highest BCUT2D eigenvalue weighted by atomic mass is 14.8. The van der Waals surface area contributed by atoms with Crippen LogP contribution in [0.3, 0.4) is 0 Å². The molecule has 0 aliphatic heterocycles. The summed E-state index contributed by atoms with van der Waals surface area (Å²) in [4.78, 5) is 7.43. The molecule has 2 heteroatoms. The number of rotatable bonds is 5. The number of benzene rings is 1. The van der Waals surface area contributed by atoms with Crippen molar-refractivity contribution in [3.8, 4) is 0 Å². The van der Waals surface area contributed by atoms with Gasteiger partial charge in [0, 0.05) is 22.8 Å². The molecule has 0 aliphatic carbocycles. The first-order chi connectivity index (χ1) is 12.0. The van der Waals surface area contributed by atoms with Gasteiger partial charge in [-0.3, -0.25) is 0 Å². The van der Waals surface area contributed by atoms with Gasteiger partial charge in [-0.15, -0.1) is 0 Å². The molecule has 0 spiro atoms. The van der Waals surface area contributed by atoms with Crippen molar-refractivity contribution >= 4 is 0 Å². The van der Waals surface area contributed by atoms with E-state index in [0.717, 1.165) is 12.8 Å². The Labute approximate surface area is 151 Å². The molecule has 3 aromatic rings. The summed E-state index contributed by atoms with van der Waals surface area (Å²) < 4.78 is 0. The molecular weight excluding hydrogens is 304 g/mol. The van der Waals surface area contributed by atoms with Crippen LogP contribution >= 0.6 is 0 Å². The Morgan fingerprint density at radius 2 is 1.16 bits per heavy atom. The van der Waals surface area contributed by atoms with Crippen molar-refractivity contribution in [3.63, 3.8) is 0 Å². The van der Waals surface area contributed by atoms with Gasteiger partial charge in [-0.25, -0.2) is 0 Å². The molecule has 0 unspecified atom stereocenters. The second-order valence-electron chi connectivity index (χ2n) is 7.09. The molecule has 25 heavy (non-hydrogen) atoms. The van der Waals surface area contributed by atoms with E-state index in [2.05, 4.69) is 81.8 Å². The SMILES string of the molecule is CCc1c(C)[nH]c(C(c2ccccc2)c2[nH]c(C)c(CC)c2C)c1C. The molecule has 0 fully saturated rings. The number of nitrogens with one attached hydrogen (secondary N) is 2. The lowest BCUT2D eigenvalue weighted by Crippen LogP contribution is -2.08. The molecule has 0 atom stereocenters. The fourth-order valence-electron chi connectivity index (χ4n) is 4.39. The zero-order valence-corrected chi connectivity index (χ0v) is 16.4. The van der Waals surface area contributed by atoms with Crippen molar-refractivity contribution in [2.45, 2.75) is 60.3 Å². The van der Waals surface area contributed by atoms with Gasteiger partial charge in [0.25, 0.3) is 0 Å². The highest BCUT2D eigenvalue weighted by Gasteiger charge is 2.26. The first-order valence-electron chi connectivity index (χ1n) is 9.40. The zero-order chi connectivity index (χ0) is 18.1. The third kappa shape index (κ3) is 2.95. The second kappa shape index (κ2) is 6.95. The number of hydrogen-bond donors (Lipinski definition) is 2. The van der Waals surface area contributed by atoms with Crippen LogP contribution < -0.4 is 0 Å². The van der Waals surface area contributed by atoms with Crippen LogP contribution in [0.2, 0.25) is 0 Å². The Morgan fingerprint density at radius 3 is 1.52 bits per heavy atom. The summed E-state index contributed by atoms with van der Waals surface area (Å²) in [6.45, 7) is 13.4. The van der Waals surface area contributed by atoms with E-state index in [1.165, 1.54) is 50.6 Å². The summed E-state index contributed by atoms with van der Waals surface area (Å²) in [6.07, 6.45) is 2.14. The average Bonchev–Trinajstić information content (AvgIpc) is 3.05. The zero-order valence-electron chi connectivity index (χ0n) is 16.4. The third-order valence-corrected chi connectivity index (χ3v) is 5.68. The molecular formula is C23H30N2. The van der Waals surface area contributed by atoms with Crippen LogP contribution in [0.5, 0.6) is 0 Å². The summed E-state index contributed by atoms with van der Waals surface area (Å²) >= 11 is 0. The predicted molar refractivity (Wildman–Crippen MR) is 107 cm³/mol. The Morgan fingerprint density at radius 1 is 0.720 bits per heavy atom. The Bertz CT molecular complexity index is 811. The van der Waals surface area contributed by atoms with Crippen LogP contribution in [-0.4, -0.2) is 9.97 Å². The molecule has 0 radical (unpaired) electrons. The van der Waals surface area contributed by atoms with Gasteiger partial charge in [-0.05, 0) is 68.4 Å². The molecule has 2 nitrogen and oxygen atoms in total. The molecule has 1 aromatic carbocycles. The number of aromatic amines is 2. The third-order valence-electron chi connectivity index (χ3n) is 5.68. The van der Waals surface area contributed by atoms with Crippen molar-refractivity contribution < 1.29 is 0 Å². The van der Waals surface area contributed by atoms with Crippen LogP contribution in [0.1, 0.15) is 70.4 Å². The predicted octanol–water partition coefficient (Wildman–Crippen LogP) is 5.88. The average molecular weight is 335 g/mol. The van der Waals surface area contributed by atoms with Gasteiger partial charge in [0.2, 0.25) is 0 Å². The highest BCUT2D eigenvalue weighted by molar-refractivity contribution is 5.50. The van der Waals surface area contributed by atoms with E-state index in [1.54, 1.807) is 0 Å². The summed E-state index contributed by atoms with van der Waals surface area (Å²) in [5.41, 5.74) is 12.3. The van der Waals surface area contributed by atoms with E-state index >= 15 is 0 Å². The molecule has 3 rings (SSSR count). The maximum absolute atomic E-state index is 3.71. The lowest BCUT2D eigenvalue weighted by Gasteiger charge is -2.19. The van der Waals surface area contributed by atoms with Crippen molar-refractivity contribution in [2.75, 3.05) is 0 Å². The minimum atomic E-state index is 0.221. The molecule has 132 valence electrons. The van der Waals surface area contributed by atoms with Gasteiger partial charge in [0.1, 0.15) is 0 Å². The summed E-state index contributed by atoms with van der Waals surface area (Å²) in [6, 6.07) is 10.9. The summed E-state index contributed by atoms with van der Waals surface area (Å²) in [7, 11) is 0. The number of H-pyrrole nitrogens is 2. The van der Waals surface area contributed by atoms with Gasteiger partial charge >= 0.3 is 0 Å². The van der Waals surface area contributed by atoms with Gasteiger partial charge in [-0.2, -0.15) is 0 Å². The topological polar surface area (TPSA) is 31.6 Å². The van der Waals surface area contributed by atoms with Crippen LogP contribution in [0.25, 0.3) is 0 Å². The van der Waals surface area contributed by atoms with Gasteiger partial charge in [0.05, 0.1) is 5.92 Å². The molecule has 0 saturated heterocycles. The number of hydrogen-bond acceptors (Lipinski definition) is 0. The molecule has 0 aliphatic rings. The Kier molecular flexibility index (Phi) is 4.89. The van der Waals surface area contributed by atoms with E-state index in [4.69, 9.17) is 0 Å². The van der Waals surface area contributed by atoms with Crippen LogP contribution in [-0.2, 0) is 12.8 Å². The van der Waals surface area contributed by atoms with Crippen LogP contribution in [0.15, 0.2) is 30.3 Å². The molecule has 2 aromatic heterocycles.